The lowest BCUT2D eigenvalue weighted by atomic mass is 10.0. The lowest BCUT2D eigenvalue weighted by Gasteiger charge is -2.21. The van der Waals surface area contributed by atoms with Crippen LogP contribution in [0.4, 0.5) is 0 Å². The molecule has 0 spiro atoms. The molecule has 1 aromatic heterocycles. The molecule has 2 heterocycles. The quantitative estimate of drug-likeness (QED) is 0.773. The van der Waals surface area contributed by atoms with Crippen LogP contribution < -0.4 is 4.74 Å². The number of ether oxygens (including phenoxy) is 1. The molecule has 2 rings (SSSR count). The van der Waals surface area contributed by atoms with E-state index in [0.29, 0.717) is 0 Å². The lowest BCUT2D eigenvalue weighted by Crippen LogP contribution is -2.23. The Morgan fingerprint density at radius 3 is 2.93 bits per heavy atom. The van der Waals surface area contributed by atoms with Crippen molar-refractivity contribution in [2.75, 3.05) is 27.2 Å². The molecule has 14 heavy (non-hydrogen) atoms. The van der Waals surface area contributed by atoms with Gasteiger partial charge in [-0.15, -0.1) is 0 Å². The molecule has 0 amide bonds. The van der Waals surface area contributed by atoms with E-state index in [1.54, 1.807) is 7.11 Å². The normalized spacial score (nSPS) is 18.0. The van der Waals surface area contributed by atoms with Crippen molar-refractivity contribution in [2.24, 2.45) is 0 Å². The van der Waals surface area contributed by atoms with Gasteiger partial charge in [-0.1, -0.05) is 6.08 Å². The van der Waals surface area contributed by atoms with Crippen LogP contribution >= 0.6 is 0 Å². The highest BCUT2D eigenvalue weighted by Gasteiger charge is 2.10. The Bertz CT molecular complexity index is 341. The van der Waals surface area contributed by atoms with Gasteiger partial charge in [0.05, 0.1) is 7.11 Å². The summed E-state index contributed by atoms with van der Waals surface area (Å²) in [5.41, 5.74) is 2.68. The zero-order valence-corrected chi connectivity index (χ0v) is 8.71. The van der Waals surface area contributed by atoms with Gasteiger partial charge in [-0.3, -0.25) is 0 Å². The first kappa shape index (κ1) is 9.34. The Balaban J connectivity index is 2.15. The van der Waals surface area contributed by atoms with Crippen LogP contribution in [0, 0.1) is 0 Å². The molecular formula is C11H16N2O. The van der Waals surface area contributed by atoms with Gasteiger partial charge in [-0.05, 0) is 24.6 Å². The molecule has 1 aliphatic rings. The third-order valence-electron chi connectivity index (χ3n) is 2.66. The Hall–Kier alpha value is -1.22. The largest absolute Gasteiger partial charge is 0.482 e. The Morgan fingerprint density at radius 1 is 1.50 bits per heavy atom. The number of nitrogens with zero attached hydrogens (tertiary/aromatic N) is 1. The predicted octanol–water partition coefficient (Wildman–Crippen LogP) is 1.74. The molecule has 3 heteroatoms. The van der Waals surface area contributed by atoms with E-state index in [1.807, 2.05) is 6.20 Å². The zero-order valence-electron chi connectivity index (χ0n) is 8.71. The van der Waals surface area contributed by atoms with Crippen molar-refractivity contribution in [3.8, 4) is 5.88 Å². The summed E-state index contributed by atoms with van der Waals surface area (Å²) in [5.74, 6) is 0.833. The molecule has 0 atom stereocenters. The van der Waals surface area contributed by atoms with E-state index in [4.69, 9.17) is 4.74 Å². The summed E-state index contributed by atoms with van der Waals surface area (Å²) >= 11 is 0. The minimum Gasteiger partial charge on any atom is -0.482 e. The summed E-state index contributed by atoms with van der Waals surface area (Å²) in [6, 6.07) is 2.05. The highest BCUT2D eigenvalue weighted by Crippen LogP contribution is 2.24. The highest BCUT2D eigenvalue weighted by atomic mass is 16.5. The van der Waals surface area contributed by atoms with Crippen LogP contribution in [0.2, 0.25) is 0 Å². The molecule has 0 aliphatic carbocycles. The topological polar surface area (TPSA) is 28.3 Å². The molecule has 0 fully saturated rings. The number of likely N-dealkylation sites (N-methyl/N-ethyl adjacent to an activating group) is 1. The average Bonchev–Trinajstić information content (AvgIpc) is 2.67. The number of rotatable bonds is 2. The standard InChI is InChI=1S/C11H16N2O/c1-13-5-3-9(4-6-13)10-7-11(14-2)12-8-10/h3,7-8,12H,4-6H2,1-2H3. The Labute approximate surface area is 84.4 Å². The second-order valence-corrected chi connectivity index (χ2v) is 3.70. The first-order valence-corrected chi connectivity index (χ1v) is 4.90. The third kappa shape index (κ3) is 1.82. The highest BCUT2D eigenvalue weighted by molar-refractivity contribution is 5.67. The summed E-state index contributed by atoms with van der Waals surface area (Å²) in [6.07, 6.45) is 5.42. The number of aromatic nitrogens is 1. The molecule has 1 aromatic rings. The zero-order chi connectivity index (χ0) is 9.97. The lowest BCUT2D eigenvalue weighted by molar-refractivity contribution is 0.370. The van der Waals surface area contributed by atoms with Crippen molar-refractivity contribution in [1.29, 1.82) is 0 Å². The van der Waals surface area contributed by atoms with Crippen molar-refractivity contribution >= 4 is 5.57 Å². The molecule has 76 valence electrons. The van der Waals surface area contributed by atoms with Gasteiger partial charge in [0.2, 0.25) is 0 Å². The molecule has 0 saturated heterocycles. The maximum absolute atomic E-state index is 5.11. The SMILES string of the molecule is COc1cc(C2=CCN(C)CC2)c[nH]1. The number of H-pyrrole nitrogens is 1. The van der Waals surface area contributed by atoms with E-state index in [1.165, 1.54) is 11.1 Å². The van der Waals surface area contributed by atoms with Crippen LogP contribution in [-0.4, -0.2) is 37.1 Å². The second-order valence-electron chi connectivity index (χ2n) is 3.70. The van der Waals surface area contributed by atoms with Gasteiger partial charge in [0.15, 0.2) is 5.88 Å². The van der Waals surface area contributed by atoms with Gasteiger partial charge in [0.25, 0.3) is 0 Å². The van der Waals surface area contributed by atoms with Gasteiger partial charge in [0.1, 0.15) is 0 Å². The van der Waals surface area contributed by atoms with E-state index in [0.717, 1.165) is 25.4 Å². The minimum absolute atomic E-state index is 0.833. The summed E-state index contributed by atoms with van der Waals surface area (Å²) in [6.45, 7) is 2.18. The summed E-state index contributed by atoms with van der Waals surface area (Å²) in [7, 11) is 3.82. The van der Waals surface area contributed by atoms with Crippen LogP contribution in [0.1, 0.15) is 12.0 Å². The molecule has 3 nitrogen and oxygen atoms in total. The van der Waals surface area contributed by atoms with Crippen molar-refractivity contribution in [1.82, 2.24) is 9.88 Å². The van der Waals surface area contributed by atoms with E-state index < -0.39 is 0 Å². The van der Waals surface area contributed by atoms with Gasteiger partial charge in [-0.2, -0.15) is 0 Å². The predicted molar refractivity (Wildman–Crippen MR) is 57.4 cm³/mol. The van der Waals surface area contributed by atoms with Gasteiger partial charge in [0, 0.05) is 25.4 Å². The fraction of sp³-hybridized carbons (Fsp3) is 0.455. The molecule has 1 aliphatic heterocycles. The van der Waals surface area contributed by atoms with Gasteiger partial charge < -0.3 is 14.6 Å². The van der Waals surface area contributed by atoms with Crippen LogP contribution in [0.25, 0.3) is 5.57 Å². The van der Waals surface area contributed by atoms with Crippen LogP contribution in [0.15, 0.2) is 18.3 Å². The molecular weight excluding hydrogens is 176 g/mol. The first-order chi connectivity index (χ1) is 6.79. The molecule has 0 saturated carbocycles. The van der Waals surface area contributed by atoms with Crippen molar-refractivity contribution < 1.29 is 4.74 Å². The number of aromatic amines is 1. The molecule has 1 N–H and O–H groups in total. The molecule has 0 radical (unpaired) electrons. The Kier molecular flexibility index (Phi) is 2.59. The van der Waals surface area contributed by atoms with Crippen molar-refractivity contribution in [2.45, 2.75) is 6.42 Å². The first-order valence-electron chi connectivity index (χ1n) is 4.90. The molecule has 0 unspecified atom stereocenters. The second kappa shape index (κ2) is 3.88. The number of hydrogen-bond acceptors (Lipinski definition) is 2. The fourth-order valence-electron chi connectivity index (χ4n) is 1.71. The summed E-state index contributed by atoms with van der Waals surface area (Å²) in [5, 5.41) is 0. The summed E-state index contributed by atoms with van der Waals surface area (Å²) in [4.78, 5) is 5.40. The van der Waals surface area contributed by atoms with Crippen LogP contribution in [0.5, 0.6) is 5.88 Å². The maximum atomic E-state index is 5.11. The monoisotopic (exact) mass is 192 g/mol. The van der Waals surface area contributed by atoms with E-state index in [2.05, 4.69) is 29.1 Å². The van der Waals surface area contributed by atoms with Crippen molar-refractivity contribution in [3.05, 3.63) is 23.9 Å². The molecule has 0 bridgehead atoms. The smallest absolute Gasteiger partial charge is 0.191 e. The minimum atomic E-state index is 0.833. The van der Waals surface area contributed by atoms with Gasteiger partial charge in [-0.25, -0.2) is 0 Å². The molecule has 0 aromatic carbocycles. The third-order valence-corrected chi connectivity index (χ3v) is 2.66. The van der Waals surface area contributed by atoms with Crippen molar-refractivity contribution in [3.63, 3.8) is 0 Å². The van der Waals surface area contributed by atoms with Gasteiger partial charge >= 0.3 is 0 Å². The average molecular weight is 192 g/mol. The van der Waals surface area contributed by atoms with Crippen LogP contribution in [-0.2, 0) is 0 Å². The summed E-state index contributed by atoms with van der Waals surface area (Å²) < 4.78 is 5.11. The number of nitrogens with one attached hydrogen (secondary N) is 1. The van der Waals surface area contributed by atoms with E-state index >= 15 is 0 Å². The van der Waals surface area contributed by atoms with Crippen LogP contribution in [0.3, 0.4) is 0 Å². The van der Waals surface area contributed by atoms with E-state index in [-0.39, 0.29) is 0 Å². The van der Waals surface area contributed by atoms with E-state index in [9.17, 15) is 0 Å². The maximum Gasteiger partial charge on any atom is 0.191 e. The number of hydrogen-bond donors (Lipinski definition) is 1. The fourth-order valence-corrected chi connectivity index (χ4v) is 1.71. The number of methoxy groups -OCH3 is 1. The Morgan fingerprint density at radius 2 is 2.36 bits per heavy atom.